The lowest BCUT2D eigenvalue weighted by Crippen LogP contribution is -2.02. The third kappa shape index (κ3) is 3.55. The van der Waals surface area contributed by atoms with Crippen LogP contribution in [-0.4, -0.2) is 5.78 Å². The standard InChI is InChI=1S/C15H12ClFO2/c1-10(18)14-6-5-13(17)8-15(14)19-9-11-3-2-4-12(16)7-11/h2-8H,9H2,1H3. The van der Waals surface area contributed by atoms with Crippen LogP contribution in [0.2, 0.25) is 5.02 Å². The summed E-state index contributed by atoms with van der Waals surface area (Å²) in [4.78, 5) is 11.4. The van der Waals surface area contributed by atoms with Crippen LogP contribution in [0, 0.1) is 5.82 Å². The van der Waals surface area contributed by atoms with Gasteiger partial charge in [0.1, 0.15) is 18.2 Å². The van der Waals surface area contributed by atoms with Crippen LogP contribution in [0.5, 0.6) is 5.75 Å². The molecule has 0 aliphatic carbocycles. The largest absolute Gasteiger partial charge is 0.488 e. The smallest absolute Gasteiger partial charge is 0.163 e. The van der Waals surface area contributed by atoms with Crippen molar-refractivity contribution in [2.45, 2.75) is 13.5 Å². The van der Waals surface area contributed by atoms with Gasteiger partial charge in [-0.15, -0.1) is 0 Å². The van der Waals surface area contributed by atoms with Crippen LogP contribution in [0.4, 0.5) is 4.39 Å². The number of ether oxygens (including phenoxy) is 1. The summed E-state index contributed by atoms with van der Waals surface area (Å²) in [5.74, 6) is -0.361. The van der Waals surface area contributed by atoms with Crippen LogP contribution in [0.3, 0.4) is 0 Å². The van der Waals surface area contributed by atoms with Crippen molar-refractivity contribution in [1.82, 2.24) is 0 Å². The zero-order valence-corrected chi connectivity index (χ0v) is 11.1. The molecule has 4 heteroatoms. The van der Waals surface area contributed by atoms with Gasteiger partial charge in [-0.1, -0.05) is 23.7 Å². The SMILES string of the molecule is CC(=O)c1ccc(F)cc1OCc1cccc(Cl)c1. The molecule has 0 heterocycles. The Labute approximate surface area is 115 Å². The first-order chi connectivity index (χ1) is 9.06. The first-order valence-corrected chi connectivity index (χ1v) is 6.12. The highest BCUT2D eigenvalue weighted by molar-refractivity contribution is 6.30. The second-order valence-electron chi connectivity index (χ2n) is 4.12. The zero-order valence-electron chi connectivity index (χ0n) is 10.3. The predicted octanol–water partition coefficient (Wildman–Crippen LogP) is 4.26. The van der Waals surface area contributed by atoms with Gasteiger partial charge >= 0.3 is 0 Å². The average Bonchev–Trinajstić information content (AvgIpc) is 2.36. The summed E-state index contributed by atoms with van der Waals surface area (Å²) in [6, 6.07) is 11.0. The molecule has 0 aromatic heterocycles. The Hall–Kier alpha value is -1.87. The minimum absolute atomic E-state index is 0.166. The Morgan fingerprint density at radius 1 is 1.26 bits per heavy atom. The second-order valence-corrected chi connectivity index (χ2v) is 4.55. The summed E-state index contributed by atoms with van der Waals surface area (Å²) in [7, 11) is 0. The Kier molecular flexibility index (Phi) is 4.17. The van der Waals surface area contributed by atoms with Gasteiger partial charge in [-0.25, -0.2) is 4.39 Å². The average molecular weight is 279 g/mol. The van der Waals surface area contributed by atoms with E-state index in [1.165, 1.54) is 25.1 Å². The molecule has 19 heavy (non-hydrogen) atoms. The van der Waals surface area contributed by atoms with E-state index in [0.29, 0.717) is 10.6 Å². The van der Waals surface area contributed by atoms with E-state index in [4.69, 9.17) is 16.3 Å². The molecule has 2 aromatic carbocycles. The molecule has 2 aromatic rings. The van der Waals surface area contributed by atoms with Crippen molar-refractivity contribution >= 4 is 17.4 Å². The van der Waals surface area contributed by atoms with Gasteiger partial charge < -0.3 is 4.74 Å². The van der Waals surface area contributed by atoms with E-state index in [1.54, 1.807) is 18.2 Å². The van der Waals surface area contributed by atoms with Crippen LogP contribution in [-0.2, 0) is 6.61 Å². The lowest BCUT2D eigenvalue weighted by Gasteiger charge is -2.10. The Bertz CT molecular complexity index is 611. The highest BCUT2D eigenvalue weighted by Gasteiger charge is 2.10. The molecule has 0 saturated carbocycles. The summed E-state index contributed by atoms with van der Waals surface area (Å²) in [5.41, 5.74) is 1.22. The van der Waals surface area contributed by atoms with Crippen molar-refractivity contribution in [3.05, 3.63) is 64.4 Å². The quantitative estimate of drug-likeness (QED) is 0.781. The maximum absolute atomic E-state index is 13.2. The topological polar surface area (TPSA) is 26.3 Å². The van der Waals surface area contributed by atoms with E-state index in [2.05, 4.69) is 0 Å². The molecule has 0 N–H and O–H groups in total. The Balaban J connectivity index is 2.19. The number of benzene rings is 2. The molecule has 2 nitrogen and oxygen atoms in total. The van der Waals surface area contributed by atoms with Gasteiger partial charge in [0.2, 0.25) is 0 Å². The molecule has 0 saturated heterocycles. The van der Waals surface area contributed by atoms with Gasteiger partial charge in [0.05, 0.1) is 5.56 Å². The van der Waals surface area contributed by atoms with E-state index in [9.17, 15) is 9.18 Å². The van der Waals surface area contributed by atoms with E-state index in [0.717, 1.165) is 5.56 Å². The fourth-order valence-corrected chi connectivity index (χ4v) is 1.91. The lowest BCUT2D eigenvalue weighted by molar-refractivity contribution is 0.101. The summed E-state index contributed by atoms with van der Waals surface area (Å²) in [6.45, 7) is 1.64. The van der Waals surface area contributed by atoms with Gasteiger partial charge in [0, 0.05) is 11.1 Å². The van der Waals surface area contributed by atoms with Crippen LogP contribution in [0.1, 0.15) is 22.8 Å². The van der Waals surface area contributed by atoms with E-state index < -0.39 is 5.82 Å². The molecule has 2 rings (SSSR count). The fourth-order valence-electron chi connectivity index (χ4n) is 1.69. The number of rotatable bonds is 4. The normalized spacial score (nSPS) is 10.3. The van der Waals surface area contributed by atoms with Crippen molar-refractivity contribution in [2.24, 2.45) is 0 Å². The third-order valence-electron chi connectivity index (χ3n) is 2.61. The lowest BCUT2D eigenvalue weighted by atomic mass is 10.1. The Morgan fingerprint density at radius 3 is 2.74 bits per heavy atom. The molecular weight excluding hydrogens is 267 g/mol. The van der Waals surface area contributed by atoms with Crippen molar-refractivity contribution in [2.75, 3.05) is 0 Å². The molecule has 0 bridgehead atoms. The maximum atomic E-state index is 13.2. The van der Waals surface area contributed by atoms with Gasteiger partial charge in [0.15, 0.2) is 5.78 Å². The third-order valence-corrected chi connectivity index (χ3v) is 2.84. The zero-order chi connectivity index (χ0) is 13.8. The number of carbonyl (C=O) groups excluding carboxylic acids is 1. The van der Waals surface area contributed by atoms with Gasteiger partial charge in [-0.3, -0.25) is 4.79 Å². The molecule has 0 aliphatic heterocycles. The number of hydrogen-bond acceptors (Lipinski definition) is 2. The number of halogens is 2. The maximum Gasteiger partial charge on any atom is 0.163 e. The van der Waals surface area contributed by atoms with E-state index >= 15 is 0 Å². The molecule has 98 valence electrons. The van der Waals surface area contributed by atoms with Gasteiger partial charge in [0.25, 0.3) is 0 Å². The molecule has 0 amide bonds. The molecule has 0 unspecified atom stereocenters. The Morgan fingerprint density at radius 2 is 2.05 bits per heavy atom. The van der Waals surface area contributed by atoms with Gasteiger partial charge in [-0.2, -0.15) is 0 Å². The summed E-state index contributed by atoms with van der Waals surface area (Å²) in [6.07, 6.45) is 0. The fraction of sp³-hybridized carbons (Fsp3) is 0.133. The minimum atomic E-state index is -0.439. The van der Waals surface area contributed by atoms with Crippen molar-refractivity contribution in [1.29, 1.82) is 0 Å². The second kappa shape index (κ2) is 5.85. The predicted molar refractivity (Wildman–Crippen MR) is 72.2 cm³/mol. The van der Waals surface area contributed by atoms with Crippen LogP contribution in [0.15, 0.2) is 42.5 Å². The van der Waals surface area contributed by atoms with Crippen LogP contribution in [0.25, 0.3) is 0 Å². The molecule has 0 radical (unpaired) electrons. The molecular formula is C15H12ClFO2. The number of carbonyl (C=O) groups is 1. The van der Waals surface area contributed by atoms with Crippen LogP contribution < -0.4 is 4.74 Å². The highest BCUT2D eigenvalue weighted by atomic mass is 35.5. The van der Waals surface area contributed by atoms with Crippen molar-refractivity contribution in [3.8, 4) is 5.75 Å². The van der Waals surface area contributed by atoms with E-state index in [-0.39, 0.29) is 18.1 Å². The molecule has 0 fully saturated rings. The monoisotopic (exact) mass is 278 g/mol. The molecule has 0 spiro atoms. The van der Waals surface area contributed by atoms with E-state index in [1.807, 2.05) is 6.07 Å². The van der Waals surface area contributed by atoms with Crippen molar-refractivity contribution < 1.29 is 13.9 Å². The number of Topliss-reactive ketones (excluding diaryl/α,β-unsaturated/α-hetero) is 1. The number of hydrogen-bond donors (Lipinski definition) is 0. The highest BCUT2D eigenvalue weighted by Crippen LogP contribution is 2.22. The van der Waals surface area contributed by atoms with Gasteiger partial charge in [-0.05, 0) is 36.8 Å². The first kappa shape index (κ1) is 13.6. The molecule has 0 atom stereocenters. The van der Waals surface area contributed by atoms with Crippen LogP contribution >= 0.6 is 11.6 Å². The first-order valence-electron chi connectivity index (χ1n) is 5.74. The minimum Gasteiger partial charge on any atom is -0.488 e. The van der Waals surface area contributed by atoms with Crippen molar-refractivity contribution in [3.63, 3.8) is 0 Å². The summed E-state index contributed by atoms with van der Waals surface area (Å²) < 4.78 is 18.7. The number of ketones is 1. The summed E-state index contributed by atoms with van der Waals surface area (Å²) >= 11 is 5.86. The summed E-state index contributed by atoms with van der Waals surface area (Å²) in [5, 5.41) is 0.604. The molecule has 0 aliphatic rings.